The summed E-state index contributed by atoms with van der Waals surface area (Å²) in [6.45, 7) is 7.04. The minimum absolute atomic E-state index is 0.0802. The molecule has 13 nitrogen and oxygen atoms in total. The van der Waals surface area contributed by atoms with Gasteiger partial charge in [-0.25, -0.2) is 28.3 Å². The van der Waals surface area contributed by atoms with Gasteiger partial charge in [0, 0.05) is 18.7 Å². The van der Waals surface area contributed by atoms with E-state index < -0.39 is 35.0 Å². The van der Waals surface area contributed by atoms with Crippen LogP contribution in [0.2, 0.25) is 0 Å². The zero-order valence-corrected chi connectivity index (χ0v) is 26.3. The number of amides is 2. The standard InChI is InChI=1S/C32H36F2N8O5/c1-31(2,3)47-30(44)40-32(16-45-21-6-7-21)9-4-10-41(15-32)25-13-36-24(19-5-8-22(33)23(34)11-19)12-20(25)14-42-18-39-26-27(42)37-17-38-28(26)46-29(35)43/h5,8,11-13,17-18,21H,4,6-7,9-10,14-16H2,1-3H3,(H2,35,43)(H,40,44). The number of ether oxygens (including phenoxy) is 3. The number of imidazole rings is 1. The van der Waals surface area contributed by atoms with E-state index >= 15 is 0 Å². The van der Waals surface area contributed by atoms with Crippen LogP contribution in [0.3, 0.4) is 0 Å². The number of aromatic nitrogens is 5. The largest absolute Gasteiger partial charge is 0.444 e. The highest BCUT2D eigenvalue weighted by Gasteiger charge is 2.41. The van der Waals surface area contributed by atoms with Crippen LogP contribution >= 0.6 is 0 Å². The fourth-order valence-corrected chi connectivity index (χ4v) is 5.67. The van der Waals surface area contributed by atoms with E-state index in [0.717, 1.165) is 42.6 Å². The molecule has 2 aliphatic rings. The van der Waals surface area contributed by atoms with Gasteiger partial charge in [0.1, 0.15) is 11.9 Å². The van der Waals surface area contributed by atoms with Gasteiger partial charge in [-0.3, -0.25) is 4.98 Å². The molecule has 2 fully saturated rings. The van der Waals surface area contributed by atoms with Crippen LogP contribution in [0.5, 0.6) is 5.88 Å². The van der Waals surface area contributed by atoms with E-state index in [9.17, 15) is 18.4 Å². The average Bonchev–Trinajstić information content (AvgIpc) is 3.75. The maximum atomic E-state index is 14.2. The number of benzene rings is 1. The fraction of sp³-hybridized carbons (Fsp3) is 0.438. The first-order valence-corrected chi connectivity index (χ1v) is 15.3. The maximum absolute atomic E-state index is 14.2. The highest BCUT2D eigenvalue weighted by molar-refractivity contribution is 5.80. The number of carbonyl (C=O) groups is 2. The predicted octanol–water partition coefficient (Wildman–Crippen LogP) is 4.72. The first kappa shape index (κ1) is 32.0. The smallest absolute Gasteiger partial charge is 0.411 e. The second-order valence-corrected chi connectivity index (χ2v) is 12.9. The summed E-state index contributed by atoms with van der Waals surface area (Å²) in [4.78, 5) is 43.9. The van der Waals surface area contributed by atoms with Crippen molar-refractivity contribution < 1.29 is 32.6 Å². The summed E-state index contributed by atoms with van der Waals surface area (Å²) in [6, 6.07) is 5.42. The SMILES string of the molecule is CC(C)(C)OC(=O)NC1(COC2CC2)CCCN(c2cnc(-c3ccc(F)c(F)c3)cc2Cn2cnc3c(OC(N)=O)ncnc32)C1. The highest BCUT2D eigenvalue weighted by Crippen LogP contribution is 2.34. The molecule has 6 rings (SSSR count). The van der Waals surface area contributed by atoms with Gasteiger partial charge in [0.25, 0.3) is 5.88 Å². The first-order valence-electron chi connectivity index (χ1n) is 15.3. The molecule has 1 unspecified atom stereocenters. The number of nitrogens with one attached hydrogen (secondary N) is 1. The van der Waals surface area contributed by atoms with Crippen molar-refractivity contribution in [3.63, 3.8) is 0 Å². The number of primary amides is 1. The molecule has 0 bridgehead atoms. The van der Waals surface area contributed by atoms with Crippen molar-refractivity contribution in [1.82, 2.24) is 29.8 Å². The molecule has 1 aliphatic carbocycles. The Balaban J connectivity index is 1.37. The molecule has 3 aromatic heterocycles. The van der Waals surface area contributed by atoms with Crippen molar-refractivity contribution in [2.75, 3.05) is 24.6 Å². The van der Waals surface area contributed by atoms with Crippen LogP contribution in [0.1, 0.15) is 52.0 Å². The van der Waals surface area contributed by atoms with Crippen LogP contribution in [0.25, 0.3) is 22.4 Å². The number of nitrogens with two attached hydrogens (primary N) is 1. The number of fused-ring (bicyclic) bond motifs is 1. The van der Waals surface area contributed by atoms with Crippen LogP contribution in [0.4, 0.5) is 24.1 Å². The summed E-state index contributed by atoms with van der Waals surface area (Å²) in [5, 5.41) is 3.12. The Bertz CT molecular complexity index is 1810. The fourth-order valence-electron chi connectivity index (χ4n) is 5.67. The molecule has 3 N–H and O–H groups in total. The van der Waals surface area contributed by atoms with Crippen molar-refractivity contribution in [2.45, 2.75) is 70.2 Å². The molecule has 47 heavy (non-hydrogen) atoms. The number of hydrogen-bond donors (Lipinski definition) is 2. The molecule has 1 aliphatic heterocycles. The van der Waals surface area contributed by atoms with Crippen molar-refractivity contribution in [2.24, 2.45) is 5.73 Å². The van der Waals surface area contributed by atoms with Crippen LogP contribution in [0.15, 0.2) is 43.1 Å². The second-order valence-electron chi connectivity index (χ2n) is 12.9. The van der Waals surface area contributed by atoms with Gasteiger partial charge in [-0.2, -0.15) is 4.98 Å². The number of nitrogens with zero attached hydrogens (tertiary/aromatic N) is 6. The normalized spacial score (nSPS) is 18.3. The number of halogens is 2. The molecule has 4 aromatic rings. The molecule has 1 saturated carbocycles. The topological polar surface area (TPSA) is 160 Å². The molecule has 4 heterocycles. The summed E-state index contributed by atoms with van der Waals surface area (Å²) in [7, 11) is 0. The number of carbonyl (C=O) groups excluding carboxylic acids is 2. The number of hydrogen-bond acceptors (Lipinski definition) is 10. The first-order chi connectivity index (χ1) is 22.4. The van der Waals surface area contributed by atoms with Gasteiger partial charge in [0.05, 0.1) is 48.7 Å². The molecule has 1 saturated heterocycles. The number of anilines is 1. The third-order valence-corrected chi connectivity index (χ3v) is 7.89. The molecule has 0 radical (unpaired) electrons. The quantitative estimate of drug-likeness (QED) is 0.260. The van der Waals surface area contributed by atoms with Crippen molar-refractivity contribution >= 4 is 29.0 Å². The average molecular weight is 651 g/mol. The summed E-state index contributed by atoms with van der Waals surface area (Å²) in [5.41, 5.74) is 6.72. The molecule has 1 aromatic carbocycles. The minimum atomic E-state index is -1.04. The van der Waals surface area contributed by atoms with Crippen molar-refractivity contribution in [3.05, 3.63) is 60.3 Å². The number of piperidine rings is 1. The van der Waals surface area contributed by atoms with Crippen LogP contribution in [-0.4, -0.2) is 73.6 Å². The Morgan fingerprint density at radius 2 is 1.91 bits per heavy atom. The Hall–Kier alpha value is -4.92. The summed E-state index contributed by atoms with van der Waals surface area (Å²) in [5.74, 6) is -2.03. The summed E-state index contributed by atoms with van der Waals surface area (Å²) in [6.07, 6.45) is 6.46. The summed E-state index contributed by atoms with van der Waals surface area (Å²) >= 11 is 0. The van der Waals surface area contributed by atoms with E-state index in [1.54, 1.807) is 16.8 Å². The van der Waals surface area contributed by atoms with Crippen molar-refractivity contribution in [3.8, 4) is 17.1 Å². The minimum Gasteiger partial charge on any atom is -0.444 e. The number of rotatable bonds is 9. The van der Waals surface area contributed by atoms with Gasteiger partial charge in [0.2, 0.25) is 0 Å². The Labute approximate surface area is 269 Å². The summed E-state index contributed by atoms with van der Waals surface area (Å²) < 4.78 is 46.5. The Kier molecular flexibility index (Phi) is 8.66. The molecular formula is C32H36F2N8O5. The molecule has 0 spiro atoms. The lowest BCUT2D eigenvalue weighted by Gasteiger charge is -2.44. The monoisotopic (exact) mass is 650 g/mol. The van der Waals surface area contributed by atoms with Gasteiger partial charge < -0.3 is 34.7 Å². The zero-order valence-electron chi connectivity index (χ0n) is 26.3. The molecule has 1 atom stereocenters. The number of alkyl carbamates (subject to hydrolysis) is 1. The van der Waals surface area contributed by atoms with Crippen LogP contribution in [0, 0.1) is 11.6 Å². The molecule has 15 heteroatoms. The van der Waals surface area contributed by atoms with Gasteiger partial charge in [-0.05, 0) is 76.3 Å². The number of pyridine rings is 1. The van der Waals surface area contributed by atoms with E-state index in [1.165, 1.54) is 18.7 Å². The lowest BCUT2D eigenvalue weighted by Crippen LogP contribution is -2.62. The Morgan fingerprint density at radius 3 is 2.64 bits per heavy atom. The highest BCUT2D eigenvalue weighted by atomic mass is 19.2. The zero-order chi connectivity index (χ0) is 33.3. The lowest BCUT2D eigenvalue weighted by molar-refractivity contribution is 0.0209. The van der Waals surface area contributed by atoms with E-state index in [0.29, 0.717) is 43.0 Å². The predicted molar refractivity (Wildman–Crippen MR) is 167 cm³/mol. The van der Waals surface area contributed by atoms with Gasteiger partial charge in [-0.1, -0.05) is 0 Å². The molecule has 2 amide bonds. The van der Waals surface area contributed by atoms with E-state index in [-0.39, 0.29) is 24.0 Å². The van der Waals surface area contributed by atoms with Gasteiger partial charge >= 0.3 is 12.2 Å². The van der Waals surface area contributed by atoms with E-state index in [4.69, 9.17) is 19.9 Å². The molecule has 248 valence electrons. The maximum Gasteiger partial charge on any atom is 0.411 e. The second kappa shape index (κ2) is 12.7. The third-order valence-electron chi connectivity index (χ3n) is 7.89. The van der Waals surface area contributed by atoms with E-state index in [2.05, 4.69) is 30.2 Å². The van der Waals surface area contributed by atoms with Gasteiger partial charge in [-0.15, -0.1) is 0 Å². The molecular weight excluding hydrogens is 614 g/mol. The Morgan fingerprint density at radius 1 is 1.11 bits per heavy atom. The van der Waals surface area contributed by atoms with Crippen molar-refractivity contribution in [1.29, 1.82) is 0 Å². The van der Waals surface area contributed by atoms with Crippen LogP contribution < -0.4 is 20.7 Å². The third kappa shape index (κ3) is 7.56. The van der Waals surface area contributed by atoms with Crippen LogP contribution in [-0.2, 0) is 16.0 Å². The van der Waals surface area contributed by atoms with Gasteiger partial charge in [0.15, 0.2) is 22.8 Å². The van der Waals surface area contributed by atoms with E-state index in [1.807, 2.05) is 20.8 Å². The lowest BCUT2D eigenvalue weighted by atomic mass is 9.89.